The Bertz CT molecular complexity index is 2130. The number of anilines is 1. The first-order chi connectivity index (χ1) is 28.1. The number of amides is 1. The molecule has 0 aromatic heterocycles. The second-order valence-electron chi connectivity index (χ2n) is 17.8. The Labute approximate surface area is 347 Å². The average molecular weight is 805 g/mol. The summed E-state index contributed by atoms with van der Waals surface area (Å²) in [5.74, 6) is 1.30. The van der Waals surface area contributed by atoms with E-state index in [2.05, 4.69) is 103 Å². The van der Waals surface area contributed by atoms with Crippen molar-refractivity contribution < 1.29 is 23.2 Å². The third kappa shape index (κ3) is 7.83. The predicted octanol–water partition coefficient (Wildman–Crippen LogP) is 9.84. The van der Waals surface area contributed by atoms with E-state index in [1.807, 2.05) is 7.05 Å². The van der Waals surface area contributed by atoms with Gasteiger partial charge in [-0.15, -0.1) is 0 Å². The summed E-state index contributed by atoms with van der Waals surface area (Å²) < 4.78 is 24.3. The Morgan fingerprint density at radius 2 is 1.78 bits per heavy atom. The van der Waals surface area contributed by atoms with Gasteiger partial charge in [-0.25, -0.2) is 4.67 Å². The summed E-state index contributed by atoms with van der Waals surface area (Å²) in [4.78, 5) is 17.7. The van der Waals surface area contributed by atoms with E-state index in [0.717, 1.165) is 57.2 Å². The van der Waals surface area contributed by atoms with Crippen molar-refractivity contribution in [2.24, 2.45) is 0 Å². The fourth-order valence-electron chi connectivity index (χ4n) is 10.5. The van der Waals surface area contributed by atoms with Crippen LogP contribution in [0.25, 0.3) is 16.8 Å². The van der Waals surface area contributed by atoms with Crippen LogP contribution in [0.5, 0.6) is 5.75 Å². The van der Waals surface area contributed by atoms with Crippen LogP contribution in [0.1, 0.15) is 115 Å². The van der Waals surface area contributed by atoms with E-state index in [-0.39, 0.29) is 29.5 Å². The van der Waals surface area contributed by atoms with Crippen LogP contribution in [-0.2, 0) is 32.1 Å². The third-order valence-corrected chi connectivity index (χ3v) is 15.2. The van der Waals surface area contributed by atoms with Crippen LogP contribution < -0.4 is 9.64 Å². The molecule has 5 heterocycles. The van der Waals surface area contributed by atoms with E-state index in [1.54, 1.807) is 4.90 Å². The minimum Gasteiger partial charge on any atom is -0.484 e. The maximum Gasteiger partial charge on any atom is 0.259 e. The number of hydrogen-bond acceptors (Lipinski definition) is 7. The van der Waals surface area contributed by atoms with Crippen LogP contribution in [0, 0.1) is 11.3 Å². The lowest BCUT2D eigenvalue weighted by Gasteiger charge is -2.40. The molecule has 0 radical (unpaired) electrons. The van der Waals surface area contributed by atoms with Crippen LogP contribution in [0.3, 0.4) is 0 Å². The number of likely N-dealkylation sites (N-methyl/N-ethyl adjacent to an activating group) is 1. The molecule has 3 unspecified atom stereocenters. The molecular formula is C48H63N5O4P+. The number of benzene rings is 3. The first-order valence-corrected chi connectivity index (χ1v) is 23.2. The first kappa shape index (κ1) is 41.0. The summed E-state index contributed by atoms with van der Waals surface area (Å²) in [6.07, 6.45) is 13.0. The monoisotopic (exact) mass is 804 g/mol. The predicted molar refractivity (Wildman–Crippen MR) is 235 cm³/mol. The highest BCUT2D eigenvalue weighted by molar-refractivity contribution is 7.44. The van der Waals surface area contributed by atoms with E-state index in [4.69, 9.17) is 19.0 Å². The minimum absolute atomic E-state index is 0.0617. The molecule has 308 valence electrons. The Balaban J connectivity index is 0.960. The molecule has 3 aromatic carbocycles. The maximum atomic E-state index is 13.3. The molecule has 9 nitrogen and oxygen atoms in total. The Kier molecular flexibility index (Phi) is 12.3. The number of hydrogen-bond donors (Lipinski definition) is 0. The van der Waals surface area contributed by atoms with Gasteiger partial charge in [0.2, 0.25) is 11.6 Å². The van der Waals surface area contributed by atoms with Crippen molar-refractivity contribution in [3.63, 3.8) is 0 Å². The van der Waals surface area contributed by atoms with Gasteiger partial charge < -0.3 is 23.6 Å². The smallest absolute Gasteiger partial charge is 0.259 e. The van der Waals surface area contributed by atoms with E-state index in [1.165, 1.54) is 81.6 Å². The highest BCUT2D eigenvalue weighted by Gasteiger charge is 2.54. The lowest BCUT2D eigenvalue weighted by Crippen LogP contribution is -2.44. The van der Waals surface area contributed by atoms with Gasteiger partial charge in [-0.05, 0) is 108 Å². The van der Waals surface area contributed by atoms with Gasteiger partial charge in [0.15, 0.2) is 12.3 Å². The molecule has 5 aliphatic rings. The quantitative estimate of drug-likeness (QED) is 0.0811. The molecule has 1 amide bonds. The van der Waals surface area contributed by atoms with Crippen molar-refractivity contribution in [1.29, 1.82) is 5.26 Å². The lowest BCUT2D eigenvalue weighted by molar-refractivity contribution is -0.444. The van der Waals surface area contributed by atoms with Gasteiger partial charge in [-0.1, -0.05) is 37.1 Å². The fraction of sp³-hybridized carbons (Fsp3) is 0.562. The molecule has 0 bridgehead atoms. The molecule has 0 spiro atoms. The van der Waals surface area contributed by atoms with Crippen molar-refractivity contribution in [1.82, 2.24) is 9.57 Å². The van der Waals surface area contributed by atoms with Crippen LogP contribution in [0.2, 0.25) is 0 Å². The Morgan fingerprint density at radius 3 is 2.53 bits per heavy atom. The summed E-state index contributed by atoms with van der Waals surface area (Å²) >= 11 is 0. The number of nitriles is 1. The Hall–Kier alpha value is -3.80. The van der Waals surface area contributed by atoms with Gasteiger partial charge in [0, 0.05) is 80.1 Å². The van der Waals surface area contributed by atoms with Gasteiger partial charge in [0.1, 0.15) is 11.9 Å². The van der Waals surface area contributed by atoms with E-state index < -0.39 is 8.53 Å². The fourth-order valence-corrected chi connectivity index (χ4v) is 12.0. The molecule has 0 saturated heterocycles. The van der Waals surface area contributed by atoms with Gasteiger partial charge in [-0.3, -0.25) is 4.79 Å². The molecule has 8 rings (SSSR count). The molecule has 5 aliphatic heterocycles. The number of carbonyl (C=O) groups excluding carboxylic acids is 1. The average Bonchev–Trinajstić information content (AvgIpc) is 3.45. The SMILES string of the molecule is CC(C)N(C(C)C)P(OCCC#N)OCCN(C)C(=O)CCCCCC1(C)C2=[N+](CCC3Oc4c(cc5c6c4CCCN6CCC5)C=C23)c2cc3ccccc3cc21. The summed E-state index contributed by atoms with van der Waals surface area (Å²) in [6, 6.07) is 18.8. The zero-order valence-electron chi connectivity index (χ0n) is 35.7. The van der Waals surface area contributed by atoms with Crippen molar-refractivity contribution in [3.8, 4) is 11.8 Å². The minimum atomic E-state index is -1.32. The number of carbonyl (C=O) groups is 1. The molecule has 58 heavy (non-hydrogen) atoms. The molecule has 3 aromatic rings. The maximum absolute atomic E-state index is 13.3. The van der Waals surface area contributed by atoms with E-state index in [9.17, 15) is 4.79 Å². The van der Waals surface area contributed by atoms with Crippen molar-refractivity contribution in [3.05, 3.63) is 70.3 Å². The molecule has 3 atom stereocenters. The highest BCUT2D eigenvalue weighted by Crippen LogP contribution is 2.52. The topological polar surface area (TPSA) is 81.3 Å². The molecule has 0 saturated carbocycles. The Morgan fingerprint density at radius 1 is 1.03 bits per heavy atom. The van der Waals surface area contributed by atoms with Gasteiger partial charge in [0.25, 0.3) is 8.53 Å². The summed E-state index contributed by atoms with van der Waals surface area (Å²) in [5, 5.41) is 11.6. The number of aryl methyl sites for hydroxylation is 1. The zero-order chi connectivity index (χ0) is 40.6. The molecule has 0 aliphatic carbocycles. The van der Waals surface area contributed by atoms with Crippen LogP contribution in [0.4, 0.5) is 11.4 Å². The van der Waals surface area contributed by atoms with Crippen LogP contribution >= 0.6 is 8.53 Å². The standard InChI is InChI=1S/C48H63N5O4P/c1-33(2)53(34(3)4)58(55-27-14-22-49)56-28-26-50(6)44(54)19-8-7-11-21-48(5)41-31-35-15-9-10-16-36(35)32-42(41)52-25-20-43-40(47(48)52)30-38-29-37-17-12-23-51-24-13-18-39(45(37)51)46(38)57-43/h9-10,15-16,29-34,43H,7-8,11-14,17-21,23-28H2,1-6H3/q+1. The number of nitrogens with zero attached hydrogens (tertiary/aromatic N) is 5. The second kappa shape index (κ2) is 17.4. The van der Waals surface area contributed by atoms with Crippen LogP contribution in [-0.4, -0.2) is 90.4 Å². The molecule has 10 heteroatoms. The van der Waals surface area contributed by atoms with E-state index >= 15 is 0 Å². The highest BCUT2D eigenvalue weighted by atomic mass is 31.2. The number of fused-ring (bicyclic) bond motifs is 7. The van der Waals surface area contributed by atoms with Crippen molar-refractivity contribution in [2.75, 3.05) is 51.3 Å². The molecule has 0 N–H and O–H groups in total. The second-order valence-corrected chi connectivity index (χ2v) is 19.2. The van der Waals surface area contributed by atoms with Gasteiger partial charge in [-0.2, -0.15) is 9.84 Å². The summed E-state index contributed by atoms with van der Waals surface area (Å²) in [7, 11) is 0.552. The van der Waals surface area contributed by atoms with Gasteiger partial charge >= 0.3 is 0 Å². The largest absolute Gasteiger partial charge is 0.484 e. The van der Waals surface area contributed by atoms with Crippen LogP contribution in [0.15, 0.2) is 48.0 Å². The van der Waals surface area contributed by atoms with Crippen molar-refractivity contribution in [2.45, 2.75) is 129 Å². The number of rotatable bonds is 16. The lowest BCUT2D eigenvalue weighted by atomic mass is 9.70. The third-order valence-electron chi connectivity index (χ3n) is 13.1. The summed E-state index contributed by atoms with van der Waals surface area (Å²) in [6.45, 7) is 15.5. The van der Waals surface area contributed by atoms with Gasteiger partial charge in [0.05, 0.1) is 36.7 Å². The molecule has 0 fully saturated rings. The van der Waals surface area contributed by atoms with Crippen molar-refractivity contribution >= 4 is 48.4 Å². The zero-order valence-corrected chi connectivity index (χ0v) is 36.6. The number of unbranched alkanes of at least 4 members (excludes halogenated alkanes) is 2. The first-order valence-electron chi connectivity index (χ1n) is 22.0. The number of ether oxygens (including phenoxy) is 1. The summed E-state index contributed by atoms with van der Waals surface area (Å²) in [5.41, 5.74) is 11.1. The molecular weight excluding hydrogens is 742 g/mol. The normalized spacial score (nSPS) is 20.9. The van der Waals surface area contributed by atoms with E-state index in [0.29, 0.717) is 32.6 Å².